The minimum Gasteiger partial charge on any atom is -0.462 e. The number of carbonyl (C=O) groups is 2. The average molecular weight is 387 g/mol. The Balaban J connectivity index is 2.19. The van der Waals surface area contributed by atoms with Crippen molar-refractivity contribution >= 4 is 17.6 Å². The van der Waals surface area contributed by atoms with Crippen LogP contribution >= 0.6 is 0 Å². The lowest BCUT2D eigenvalue weighted by atomic mass is 10.1. The molecule has 0 fully saturated rings. The molecule has 2 aromatic rings. The number of aryl methyl sites for hydroxylation is 1. The van der Waals surface area contributed by atoms with Crippen molar-refractivity contribution in [2.75, 3.05) is 13.7 Å². The molecule has 1 aromatic heterocycles. The summed E-state index contributed by atoms with van der Waals surface area (Å²) in [7, 11) is 1.66. The number of amides is 1. The van der Waals surface area contributed by atoms with Gasteiger partial charge in [-0.1, -0.05) is 12.1 Å². The number of ether oxygens (including phenoxy) is 1. The Morgan fingerprint density at radius 1 is 1.29 bits per heavy atom. The van der Waals surface area contributed by atoms with Crippen LogP contribution in [0.3, 0.4) is 0 Å². The van der Waals surface area contributed by atoms with Gasteiger partial charge in [0, 0.05) is 30.6 Å². The first kappa shape index (κ1) is 21.1. The minimum absolute atomic E-state index is 0.0126. The van der Waals surface area contributed by atoms with E-state index in [9.17, 15) is 19.7 Å². The van der Waals surface area contributed by atoms with E-state index in [-0.39, 0.29) is 30.8 Å². The van der Waals surface area contributed by atoms with E-state index in [1.54, 1.807) is 48.6 Å². The van der Waals surface area contributed by atoms with E-state index in [2.05, 4.69) is 0 Å². The molecule has 28 heavy (non-hydrogen) atoms. The first-order valence-corrected chi connectivity index (χ1v) is 9.01. The molecule has 0 saturated heterocycles. The Morgan fingerprint density at radius 2 is 1.96 bits per heavy atom. The Labute approximate surface area is 163 Å². The summed E-state index contributed by atoms with van der Waals surface area (Å²) in [6, 6.07) is 7.62. The third kappa shape index (κ3) is 4.39. The third-order valence-corrected chi connectivity index (χ3v) is 4.90. The van der Waals surface area contributed by atoms with E-state index in [0.29, 0.717) is 16.8 Å². The van der Waals surface area contributed by atoms with Crippen LogP contribution in [0.4, 0.5) is 5.69 Å². The molecule has 1 aromatic carbocycles. The smallest absolute Gasteiger partial charge is 0.339 e. The number of esters is 1. The van der Waals surface area contributed by atoms with Gasteiger partial charge < -0.3 is 14.2 Å². The van der Waals surface area contributed by atoms with Crippen LogP contribution in [0.1, 0.15) is 47.2 Å². The lowest BCUT2D eigenvalue weighted by molar-refractivity contribution is -0.384. The van der Waals surface area contributed by atoms with Crippen LogP contribution in [-0.4, -0.2) is 39.9 Å². The van der Waals surface area contributed by atoms with Crippen LogP contribution in [0.25, 0.3) is 0 Å². The molecule has 1 atom stereocenters. The molecule has 0 spiro atoms. The zero-order valence-corrected chi connectivity index (χ0v) is 16.8. The summed E-state index contributed by atoms with van der Waals surface area (Å²) < 4.78 is 6.82. The maximum atomic E-state index is 12.8. The van der Waals surface area contributed by atoms with Gasteiger partial charge in [0.1, 0.15) is 6.54 Å². The van der Waals surface area contributed by atoms with Gasteiger partial charge in [-0.25, -0.2) is 4.79 Å². The molecular formula is C20H25N3O5. The van der Waals surface area contributed by atoms with Crippen LogP contribution in [-0.2, 0) is 16.1 Å². The normalized spacial score (nSPS) is 11.8. The van der Waals surface area contributed by atoms with Crippen molar-refractivity contribution in [2.24, 2.45) is 0 Å². The highest BCUT2D eigenvalue weighted by Crippen LogP contribution is 2.24. The van der Waals surface area contributed by atoms with E-state index in [1.165, 1.54) is 12.1 Å². The van der Waals surface area contributed by atoms with Crippen molar-refractivity contribution in [3.63, 3.8) is 0 Å². The molecule has 0 radical (unpaired) electrons. The first-order valence-electron chi connectivity index (χ1n) is 9.01. The molecule has 8 heteroatoms. The number of rotatable bonds is 7. The second kappa shape index (κ2) is 8.69. The van der Waals surface area contributed by atoms with Crippen molar-refractivity contribution in [1.82, 2.24) is 9.47 Å². The second-order valence-electron chi connectivity index (χ2n) is 6.62. The molecule has 0 aliphatic heterocycles. The van der Waals surface area contributed by atoms with Gasteiger partial charge >= 0.3 is 5.97 Å². The maximum Gasteiger partial charge on any atom is 0.339 e. The quantitative estimate of drug-likeness (QED) is 0.412. The molecule has 1 amide bonds. The molecule has 150 valence electrons. The van der Waals surface area contributed by atoms with Crippen molar-refractivity contribution in [2.45, 2.75) is 40.3 Å². The SMILES string of the molecule is CCOC(=O)c1cc(C)n(CC(=O)N(C)[C@@H](C)c2cccc([N+](=O)[O-])c2)c1C. The lowest BCUT2D eigenvalue weighted by Crippen LogP contribution is -2.33. The zero-order chi connectivity index (χ0) is 21.0. The summed E-state index contributed by atoms with van der Waals surface area (Å²) in [4.78, 5) is 36.9. The van der Waals surface area contributed by atoms with Gasteiger partial charge in [-0.05, 0) is 39.3 Å². The Morgan fingerprint density at radius 3 is 2.57 bits per heavy atom. The number of hydrogen-bond donors (Lipinski definition) is 0. The fourth-order valence-electron chi connectivity index (χ4n) is 3.04. The molecule has 0 saturated carbocycles. The predicted octanol–water partition coefficient (Wildman–Crippen LogP) is 3.41. The molecular weight excluding hydrogens is 362 g/mol. The lowest BCUT2D eigenvalue weighted by Gasteiger charge is -2.26. The van der Waals surface area contributed by atoms with Crippen LogP contribution in [0.15, 0.2) is 30.3 Å². The van der Waals surface area contributed by atoms with Crippen molar-refractivity contribution in [1.29, 1.82) is 0 Å². The van der Waals surface area contributed by atoms with Gasteiger partial charge in [0.15, 0.2) is 0 Å². The van der Waals surface area contributed by atoms with Crippen LogP contribution in [0.5, 0.6) is 0 Å². The van der Waals surface area contributed by atoms with E-state index in [1.807, 2.05) is 13.8 Å². The Bertz CT molecular complexity index is 903. The summed E-state index contributed by atoms with van der Waals surface area (Å²) in [5, 5.41) is 11.0. The van der Waals surface area contributed by atoms with Crippen molar-refractivity contribution in [3.05, 3.63) is 63.0 Å². The first-order chi connectivity index (χ1) is 13.2. The number of likely N-dealkylation sites (N-methyl/N-ethyl adjacent to an activating group) is 1. The average Bonchev–Trinajstić information content (AvgIpc) is 2.95. The standard InChI is InChI=1S/C20H25N3O5/c1-6-28-20(25)18-10-13(2)22(15(18)4)12-19(24)21(5)14(3)16-8-7-9-17(11-16)23(26)27/h7-11,14H,6,12H2,1-5H3/t14-/m0/s1. The topological polar surface area (TPSA) is 94.7 Å². The summed E-state index contributed by atoms with van der Waals surface area (Å²) in [5.74, 6) is -0.580. The molecule has 0 aliphatic rings. The Kier molecular flexibility index (Phi) is 6.56. The van der Waals surface area contributed by atoms with Crippen molar-refractivity contribution < 1.29 is 19.2 Å². The number of non-ortho nitro benzene ring substituents is 1. The monoisotopic (exact) mass is 387 g/mol. The number of nitro benzene ring substituents is 1. The summed E-state index contributed by atoms with van der Waals surface area (Å²) in [6.07, 6.45) is 0. The van der Waals surface area contributed by atoms with Gasteiger partial charge in [0.05, 0.1) is 23.1 Å². The molecule has 8 nitrogen and oxygen atoms in total. The van der Waals surface area contributed by atoms with E-state index < -0.39 is 10.9 Å². The third-order valence-electron chi connectivity index (χ3n) is 4.90. The number of aromatic nitrogens is 1. The van der Waals surface area contributed by atoms with Gasteiger partial charge in [-0.2, -0.15) is 0 Å². The number of hydrogen-bond acceptors (Lipinski definition) is 5. The van der Waals surface area contributed by atoms with Gasteiger partial charge in [0.25, 0.3) is 5.69 Å². The highest BCUT2D eigenvalue weighted by Gasteiger charge is 2.22. The number of benzene rings is 1. The van der Waals surface area contributed by atoms with E-state index in [0.717, 1.165) is 5.69 Å². The second-order valence-corrected chi connectivity index (χ2v) is 6.62. The molecule has 2 rings (SSSR count). The van der Waals surface area contributed by atoms with Crippen LogP contribution in [0, 0.1) is 24.0 Å². The fraction of sp³-hybridized carbons (Fsp3) is 0.400. The molecule has 0 bridgehead atoms. The maximum absolute atomic E-state index is 12.8. The predicted molar refractivity (Wildman–Crippen MR) is 104 cm³/mol. The minimum atomic E-state index is -0.457. The summed E-state index contributed by atoms with van der Waals surface area (Å²) in [6.45, 7) is 7.50. The molecule has 1 heterocycles. The van der Waals surface area contributed by atoms with E-state index >= 15 is 0 Å². The largest absolute Gasteiger partial charge is 0.462 e. The zero-order valence-electron chi connectivity index (χ0n) is 16.8. The number of carbonyl (C=O) groups excluding carboxylic acids is 2. The number of nitro groups is 1. The fourth-order valence-corrected chi connectivity index (χ4v) is 3.04. The highest BCUT2D eigenvalue weighted by atomic mass is 16.6. The van der Waals surface area contributed by atoms with E-state index in [4.69, 9.17) is 4.74 Å². The Hall–Kier alpha value is -3.16. The van der Waals surface area contributed by atoms with Crippen LogP contribution < -0.4 is 0 Å². The summed E-state index contributed by atoms with van der Waals surface area (Å²) >= 11 is 0. The van der Waals surface area contributed by atoms with Crippen LogP contribution in [0.2, 0.25) is 0 Å². The molecule has 0 N–H and O–H groups in total. The summed E-state index contributed by atoms with van der Waals surface area (Å²) in [5.41, 5.74) is 2.56. The van der Waals surface area contributed by atoms with Gasteiger partial charge in [-0.3, -0.25) is 14.9 Å². The molecule has 0 aliphatic carbocycles. The van der Waals surface area contributed by atoms with Gasteiger partial charge in [-0.15, -0.1) is 0 Å². The number of nitrogens with zero attached hydrogens (tertiary/aromatic N) is 3. The van der Waals surface area contributed by atoms with Gasteiger partial charge in [0.2, 0.25) is 5.91 Å². The molecule has 0 unspecified atom stereocenters. The highest BCUT2D eigenvalue weighted by molar-refractivity contribution is 5.91. The van der Waals surface area contributed by atoms with Crippen molar-refractivity contribution in [3.8, 4) is 0 Å².